The van der Waals surface area contributed by atoms with Gasteiger partial charge in [0, 0.05) is 17.6 Å². The van der Waals surface area contributed by atoms with Crippen LogP contribution in [0.4, 0.5) is 0 Å². The molecule has 0 aliphatic carbocycles. The van der Waals surface area contributed by atoms with Gasteiger partial charge < -0.3 is 10.5 Å². The van der Waals surface area contributed by atoms with Crippen molar-refractivity contribution >= 4 is 28.1 Å². The molecule has 0 radical (unpaired) electrons. The van der Waals surface area contributed by atoms with E-state index < -0.39 is 0 Å². The predicted molar refractivity (Wildman–Crippen MR) is 68.8 cm³/mol. The maximum atomic E-state index is 5.41. The van der Waals surface area contributed by atoms with Crippen molar-refractivity contribution in [2.45, 2.75) is 6.92 Å². The Labute approximate surface area is 99.2 Å². The van der Waals surface area contributed by atoms with E-state index in [0.29, 0.717) is 4.99 Å². The first kappa shape index (κ1) is 10.8. The van der Waals surface area contributed by atoms with E-state index in [2.05, 4.69) is 11.9 Å². The van der Waals surface area contributed by atoms with Crippen LogP contribution in [0.15, 0.2) is 30.5 Å². The van der Waals surface area contributed by atoms with Crippen LogP contribution in [-0.4, -0.2) is 16.6 Å². The summed E-state index contributed by atoms with van der Waals surface area (Å²) in [6.45, 7) is 2.31. The fourth-order valence-electron chi connectivity index (χ4n) is 1.52. The number of hydrogen-bond acceptors (Lipinski definition) is 3. The molecule has 2 rings (SSSR count). The monoisotopic (exact) mass is 232 g/mol. The van der Waals surface area contributed by atoms with Gasteiger partial charge >= 0.3 is 0 Å². The lowest BCUT2D eigenvalue weighted by atomic mass is 10.1. The van der Waals surface area contributed by atoms with Crippen molar-refractivity contribution in [3.8, 4) is 5.75 Å². The minimum atomic E-state index is 0.257. The molecule has 0 bridgehead atoms. The molecule has 1 heterocycles. The summed E-state index contributed by atoms with van der Waals surface area (Å²) in [5.74, 6) is 0.735. The number of rotatable bonds is 3. The molecule has 0 saturated heterocycles. The number of benzene rings is 1. The fraction of sp³-hybridized carbons (Fsp3) is 0.167. The highest BCUT2D eigenvalue weighted by Crippen LogP contribution is 2.21. The summed E-state index contributed by atoms with van der Waals surface area (Å²) in [4.78, 5) is 4.63. The van der Waals surface area contributed by atoms with Gasteiger partial charge in [0.05, 0.1) is 5.52 Å². The average Bonchev–Trinajstić information content (AvgIpc) is 2.26. The number of hydrogen-bond donors (Lipinski definition) is 1. The first-order chi connectivity index (χ1) is 7.66. The molecule has 1 aromatic heterocycles. The lowest BCUT2D eigenvalue weighted by molar-refractivity contribution is 0.378. The zero-order chi connectivity index (χ0) is 11.5. The molecule has 4 heteroatoms. The third-order valence-corrected chi connectivity index (χ3v) is 2.43. The minimum Gasteiger partial charge on any atom is -0.486 e. The van der Waals surface area contributed by atoms with Gasteiger partial charge in [0.15, 0.2) is 0 Å². The summed E-state index contributed by atoms with van der Waals surface area (Å²) < 4.78 is 5.41. The molecular weight excluding hydrogens is 220 g/mol. The smallest absolute Gasteiger partial charge is 0.138 e. The maximum Gasteiger partial charge on any atom is 0.138 e. The molecule has 1 aromatic carbocycles. The first-order valence-corrected chi connectivity index (χ1v) is 5.34. The zero-order valence-corrected chi connectivity index (χ0v) is 9.75. The van der Waals surface area contributed by atoms with Crippen LogP contribution >= 0.6 is 12.2 Å². The van der Waals surface area contributed by atoms with E-state index in [4.69, 9.17) is 22.7 Å². The molecule has 0 atom stereocenters. The molecule has 0 unspecified atom stereocenters. The Morgan fingerprint density at radius 3 is 3.00 bits per heavy atom. The van der Waals surface area contributed by atoms with E-state index in [1.807, 2.05) is 24.3 Å². The van der Waals surface area contributed by atoms with Crippen LogP contribution in [0.3, 0.4) is 0 Å². The van der Waals surface area contributed by atoms with Gasteiger partial charge in [-0.2, -0.15) is 0 Å². The van der Waals surface area contributed by atoms with Crippen molar-refractivity contribution in [3.63, 3.8) is 0 Å². The molecule has 0 aliphatic heterocycles. The largest absolute Gasteiger partial charge is 0.486 e. The highest BCUT2D eigenvalue weighted by molar-refractivity contribution is 7.80. The van der Waals surface area contributed by atoms with Crippen LogP contribution in [0, 0.1) is 6.92 Å². The number of aromatic nitrogens is 1. The molecule has 0 saturated carbocycles. The summed E-state index contributed by atoms with van der Waals surface area (Å²) >= 11 is 4.75. The highest BCUT2D eigenvalue weighted by Gasteiger charge is 2.01. The second-order valence-corrected chi connectivity index (χ2v) is 4.09. The summed E-state index contributed by atoms with van der Waals surface area (Å²) in [6, 6.07) is 7.76. The molecule has 82 valence electrons. The third kappa shape index (κ3) is 2.28. The number of nitrogens with two attached hydrogens (primary N) is 1. The van der Waals surface area contributed by atoms with Crippen LogP contribution < -0.4 is 10.5 Å². The molecule has 16 heavy (non-hydrogen) atoms. The normalized spacial score (nSPS) is 10.3. The standard InChI is InChI=1S/C12H12N2OS/c1-8-4-5-14-11-6-9(2-3-10(8)11)15-7-12(13)16/h2-6H,7H2,1H3,(H2,13,16). The Balaban J connectivity index is 2.33. The quantitative estimate of drug-likeness (QED) is 0.824. The lowest BCUT2D eigenvalue weighted by Gasteiger charge is -2.06. The van der Waals surface area contributed by atoms with Crippen molar-refractivity contribution < 1.29 is 4.74 Å². The summed E-state index contributed by atoms with van der Waals surface area (Å²) in [5.41, 5.74) is 7.48. The molecule has 3 nitrogen and oxygen atoms in total. The van der Waals surface area contributed by atoms with Crippen molar-refractivity contribution in [1.29, 1.82) is 0 Å². The van der Waals surface area contributed by atoms with Gasteiger partial charge in [0.25, 0.3) is 0 Å². The second-order valence-electron chi connectivity index (χ2n) is 3.56. The number of aryl methyl sites for hydroxylation is 1. The van der Waals surface area contributed by atoms with Gasteiger partial charge in [0.2, 0.25) is 0 Å². The Hall–Kier alpha value is -1.68. The van der Waals surface area contributed by atoms with E-state index in [1.54, 1.807) is 6.20 Å². The summed E-state index contributed by atoms with van der Waals surface area (Å²) in [5, 5.41) is 1.13. The Kier molecular flexibility index (Phi) is 3.01. The van der Waals surface area contributed by atoms with Gasteiger partial charge in [-0.05, 0) is 30.7 Å². The van der Waals surface area contributed by atoms with Gasteiger partial charge in [0.1, 0.15) is 17.3 Å². The van der Waals surface area contributed by atoms with Crippen LogP contribution in [0.5, 0.6) is 5.75 Å². The van der Waals surface area contributed by atoms with Gasteiger partial charge in [-0.3, -0.25) is 4.98 Å². The Bertz CT molecular complexity index is 540. The van der Waals surface area contributed by atoms with Gasteiger partial charge in [-0.25, -0.2) is 0 Å². The summed E-state index contributed by atoms with van der Waals surface area (Å²) in [6.07, 6.45) is 1.79. The van der Waals surface area contributed by atoms with Crippen molar-refractivity contribution in [2.75, 3.05) is 6.61 Å². The van der Waals surface area contributed by atoms with E-state index in [0.717, 1.165) is 16.7 Å². The summed E-state index contributed by atoms with van der Waals surface area (Å²) in [7, 11) is 0. The number of fused-ring (bicyclic) bond motifs is 1. The number of ether oxygens (including phenoxy) is 1. The topological polar surface area (TPSA) is 48.1 Å². The van der Waals surface area contributed by atoms with E-state index in [-0.39, 0.29) is 6.61 Å². The van der Waals surface area contributed by atoms with Crippen LogP contribution in [0.25, 0.3) is 10.9 Å². The predicted octanol–water partition coefficient (Wildman–Crippen LogP) is 2.21. The highest BCUT2D eigenvalue weighted by atomic mass is 32.1. The minimum absolute atomic E-state index is 0.257. The first-order valence-electron chi connectivity index (χ1n) is 4.93. The SMILES string of the molecule is Cc1ccnc2cc(OCC(N)=S)ccc12. The molecule has 2 N–H and O–H groups in total. The van der Waals surface area contributed by atoms with Crippen molar-refractivity contribution in [3.05, 3.63) is 36.0 Å². The van der Waals surface area contributed by atoms with Crippen LogP contribution in [-0.2, 0) is 0 Å². The van der Waals surface area contributed by atoms with Gasteiger partial charge in [-0.15, -0.1) is 0 Å². The van der Waals surface area contributed by atoms with E-state index >= 15 is 0 Å². The Morgan fingerprint density at radius 1 is 1.44 bits per heavy atom. The molecular formula is C12H12N2OS. The van der Waals surface area contributed by atoms with Crippen molar-refractivity contribution in [1.82, 2.24) is 4.98 Å². The van der Waals surface area contributed by atoms with Gasteiger partial charge in [-0.1, -0.05) is 12.2 Å². The van der Waals surface area contributed by atoms with E-state index in [9.17, 15) is 0 Å². The second kappa shape index (κ2) is 4.45. The molecule has 2 aromatic rings. The third-order valence-electron chi connectivity index (χ3n) is 2.31. The lowest BCUT2D eigenvalue weighted by Crippen LogP contribution is -2.17. The average molecular weight is 232 g/mol. The fourth-order valence-corrected chi connectivity index (χ4v) is 1.57. The van der Waals surface area contributed by atoms with Crippen LogP contribution in [0.1, 0.15) is 5.56 Å². The molecule has 0 amide bonds. The number of pyridine rings is 1. The maximum absolute atomic E-state index is 5.41. The molecule has 0 spiro atoms. The Morgan fingerprint density at radius 2 is 2.25 bits per heavy atom. The number of nitrogens with zero attached hydrogens (tertiary/aromatic N) is 1. The van der Waals surface area contributed by atoms with Crippen molar-refractivity contribution in [2.24, 2.45) is 5.73 Å². The molecule has 0 aliphatic rings. The molecule has 0 fully saturated rings. The number of thiocarbonyl (C=S) groups is 1. The van der Waals surface area contributed by atoms with Crippen LogP contribution in [0.2, 0.25) is 0 Å². The zero-order valence-electron chi connectivity index (χ0n) is 8.93. The van der Waals surface area contributed by atoms with E-state index in [1.165, 1.54) is 5.56 Å².